The lowest BCUT2D eigenvalue weighted by molar-refractivity contribution is 0.178. The lowest BCUT2D eigenvalue weighted by Crippen LogP contribution is -2.32. The number of aliphatic hydroxyl groups excluding tert-OH is 1. The van der Waals surface area contributed by atoms with Crippen molar-refractivity contribution in [2.45, 2.75) is 30.3 Å². The summed E-state index contributed by atoms with van der Waals surface area (Å²) in [5.41, 5.74) is -0.535. The maximum atomic E-state index is 11.9. The molecule has 1 aromatic rings. The molecule has 1 aromatic heterocycles. The van der Waals surface area contributed by atoms with Crippen molar-refractivity contribution in [3.8, 4) is 0 Å². The predicted molar refractivity (Wildman–Crippen MR) is 65.6 cm³/mol. The van der Waals surface area contributed by atoms with E-state index in [0.717, 1.165) is 6.42 Å². The lowest BCUT2D eigenvalue weighted by atomic mass is 10.1. The van der Waals surface area contributed by atoms with Gasteiger partial charge in [0.2, 0.25) is 15.5 Å². The molecule has 0 aliphatic heterocycles. The summed E-state index contributed by atoms with van der Waals surface area (Å²) in [6.07, 6.45) is 4.34. The molecule has 1 fully saturated rings. The van der Waals surface area contributed by atoms with Crippen molar-refractivity contribution < 1.29 is 13.5 Å². The Balaban J connectivity index is 2.04. The molecule has 0 bridgehead atoms. The average Bonchev–Trinajstić information content (AvgIpc) is 2.73. The standard InChI is InChI=1S/C11H16N2O4S/c14-9-2-1-8(5-9)6-13-18(16,17)11-7-12-4-3-10(11)15/h3-4,7-9,13-14H,1-2,5-6H2,(H,12,15). The van der Waals surface area contributed by atoms with E-state index in [9.17, 15) is 18.3 Å². The highest BCUT2D eigenvalue weighted by Crippen LogP contribution is 2.24. The molecule has 7 heteroatoms. The second-order valence-corrected chi connectivity index (χ2v) is 6.29. The van der Waals surface area contributed by atoms with Crippen LogP contribution in [-0.2, 0) is 10.0 Å². The summed E-state index contributed by atoms with van der Waals surface area (Å²) in [6.45, 7) is 0.258. The number of pyridine rings is 1. The minimum absolute atomic E-state index is 0.137. The molecule has 1 aliphatic carbocycles. The van der Waals surface area contributed by atoms with Crippen molar-refractivity contribution in [1.29, 1.82) is 0 Å². The van der Waals surface area contributed by atoms with E-state index in [2.05, 4.69) is 9.71 Å². The Labute approximate surface area is 105 Å². The lowest BCUT2D eigenvalue weighted by Gasteiger charge is -2.10. The van der Waals surface area contributed by atoms with Gasteiger partial charge in [-0.25, -0.2) is 13.1 Å². The van der Waals surface area contributed by atoms with Gasteiger partial charge >= 0.3 is 0 Å². The number of aromatic nitrogens is 1. The van der Waals surface area contributed by atoms with Crippen LogP contribution in [0.2, 0.25) is 0 Å². The van der Waals surface area contributed by atoms with Gasteiger partial charge in [-0.3, -0.25) is 4.79 Å². The molecule has 2 atom stereocenters. The fraction of sp³-hybridized carbons (Fsp3) is 0.545. The van der Waals surface area contributed by atoms with E-state index in [-0.39, 0.29) is 23.5 Å². The summed E-state index contributed by atoms with van der Waals surface area (Å²) in [4.78, 5) is 13.7. The van der Waals surface area contributed by atoms with Gasteiger partial charge in [0, 0.05) is 25.0 Å². The fourth-order valence-corrected chi connectivity index (χ4v) is 3.32. The van der Waals surface area contributed by atoms with Gasteiger partial charge in [-0.05, 0) is 25.2 Å². The quantitative estimate of drug-likeness (QED) is 0.707. The third kappa shape index (κ3) is 2.98. The highest BCUT2D eigenvalue weighted by Gasteiger charge is 2.25. The Bertz CT molecular complexity index is 566. The summed E-state index contributed by atoms with van der Waals surface area (Å²) in [7, 11) is -3.77. The molecule has 0 radical (unpaired) electrons. The number of aliphatic hydroxyl groups is 1. The van der Waals surface area contributed by atoms with E-state index in [1.807, 2.05) is 0 Å². The van der Waals surface area contributed by atoms with Crippen LogP contribution in [0.25, 0.3) is 0 Å². The summed E-state index contributed by atoms with van der Waals surface area (Å²) >= 11 is 0. The van der Waals surface area contributed by atoms with Crippen LogP contribution in [0.1, 0.15) is 19.3 Å². The zero-order valence-electron chi connectivity index (χ0n) is 9.80. The summed E-state index contributed by atoms with van der Waals surface area (Å²) in [5.74, 6) is 0.137. The van der Waals surface area contributed by atoms with Crippen molar-refractivity contribution in [2.75, 3.05) is 6.54 Å². The van der Waals surface area contributed by atoms with E-state index in [1.165, 1.54) is 18.5 Å². The van der Waals surface area contributed by atoms with Gasteiger partial charge in [0.05, 0.1) is 6.10 Å². The Morgan fingerprint density at radius 1 is 1.44 bits per heavy atom. The van der Waals surface area contributed by atoms with E-state index in [0.29, 0.717) is 12.8 Å². The zero-order valence-corrected chi connectivity index (χ0v) is 10.6. The highest BCUT2D eigenvalue weighted by molar-refractivity contribution is 7.89. The number of sulfonamides is 1. The van der Waals surface area contributed by atoms with E-state index in [4.69, 9.17) is 0 Å². The predicted octanol–water partition coefficient (Wildman–Crippen LogP) is -0.186. The van der Waals surface area contributed by atoms with Crippen LogP contribution in [0.3, 0.4) is 0 Å². The first-order valence-corrected chi connectivity index (χ1v) is 7.32. The topological polar surface area (TPSA) is 99.3 Å². The number of hydrogen-bond acceptors (Lipinski definition) is 4. The number of aromatic amines is 1. The van der Waals surface area contributed by atoms with Gasteiger partial charge in [0.1, 0.15) is 4.90 Å². The number of H-pyrrole nitrogens is 1. The van der Waals surface area contributed by atoms with E-state index >= 15 is 0 Å². The van der Waals surface area contributed by atoms with Crippen LogP contribution in [0, 0.1) is 5.92 Å². The Kier molecular flexibility index (Phi) is 3.84. The minimum atomic E-state index is -3.77. The van der Waals surface area contributed by atoms with Crippen LogP contribution >= 0.6 is 0 Å². The van der Waals surface area contributed by atoms with Gasteiger partial charge in [0.25, 0.3) is 0 Å². The number of rotatable bonds is 4. The molecule has 0 spiro atoms. The average molecular weight is 272 g/mol. The normalized spacial score (nSPS) is 24.3. The van der Waals surface area contributed by atoms with Crippen molar-refractivity contribution >= 4 is 10.0 Å². The van der Waals surface area contributed by atoms with Gasteiger partial charge in [0.15, 0.2) is 0 Å². The number of hydrogen-bond donors (Lipinski definition) is 3. The Morgan fingerprint density at radius 2 is 2.22 bits per heavy atom. The molecule has 3 N–H and O–H groups in total. The first kappa shape index (κ1) is 13.3. The fourth-order valence-electron chi connectivity index (χ4n) is 2.15. The van der Waals surface area contributed by atoms with Crippen LogP contribution in [0.5, 0.6) is 0 Å². The first-order chi connectivity index (χ1) is 8.49. The molecule has 2 rings (SSSR count). The van der Waals surface area contributed by atoms with Gasteiger partial charge in [-0.2, -0.15) is 0 Å². The third-order valence-corrected chi connectivity index (χ3v) is 4.60. The summed E-state index contributed by atoms with van der Waals surface area (Å²) < 4.78 is 26.2. The zero-order chi connectivity index (χ0) is 13.2. The van der Waals surface area contributed by atoms with Crippen molar-refractivity contribution in [1.82, 2.24) is 9.71 Å². The summed E-state index contributed by atoms with van der Waals surface area (Å²) in [5, 5.41) is 9.36. The third-order valence-electron chi connectivity index (χ3n) is 3.15. The molecule has 0 saturated heterocycles. The van der Waals surface area contributed by atoms with E-state index in [1.54, 1.807) is 0 Å². The molecule has 1 aliphatic rings. The highest BCUT2D eigenvalue weighted by atomic mass is 32.2. The molecule has 18 heavy (non-hydrogen) atoms. The smallest absolute Gasteiger partial charge is 0.245 e. The molecule has 1 heterocycles. The molecule has 0 amide bonds. The largest absolute Gasteiger partial charge is 0.393 e. The SMILES string of the molecule is O=c1cc[nH]cc1S(=O)(=O)NCC1CCC(O)C1. The van der Waals surface area contributed by atoms with Crippen LogP contribution in [0.4, 0.5) is 0 Å². The Morgan fingerprint density at radius 3 is 2.83 bits per heavy atom. The second kappa shape index (κ2) is 5.21. The summed E-state index contributed by atoms with van der Waals surface area (Å²) in [6, 6.07) is 1.17. The van der Waals surface area contributed by atoms with Crippen molar-refractivity contribution in [2.24, 2.45) is 5.92 Å². The van der Waals surface area contributed by atoms with Gasteiger partial charge < -0.3 is 10.1 Å². The molecule has 100 valence electrons. The monoisotopic (exact) mass is 272 g/mol. The maximum Gasteiger partial charge on any atom is 0.245 e. The molecule has 1 saturated carbocycles. The van der Waals surface area contributed by atoms with Crippen LogP contribution in [0.15, 0.2) is 28.2 Å². The minimum Gasteiger partial charge on any atom is -0.393 e. The van der Waals surface area contributed by atoms with Gasteiger partial charge in [-0.15, -0.1) is 0 Å². The van der Waals surface area contributed by atoms with Crippen molar-refractivity contribution in [3.05, 3.63) is 28.7 Å². The van der Waals surface area contributed by atoms with Gasteiger partial charge in [-0.1, -0.05) is 0 Å². The molecule has 2 unspecified atom stereocenters. The first-order valence-electron chi connectivity index (χ1n) is 5.84. The van der Waals surface area contributed by atoms with Crippen LogP contribution < -0.4 is 10.2 Å². The number of nitrogens with one attached hydrogen (secondary N) is 2. The molecule has 0 aromatic carbocycles. The van der Waals surface area contributed by atoms with Crippen molar-refractivity contribution in [3.63, 3.8) is 0 Å². The Hall–Kier alpha value is -1.18. The van der Waals surface area contributed by atoms with E-state index < -0.39 is 15.5 Å². The maximum absolute atomic E-state index is 11.9. The molecule has 6 nitrogen and oxygen atoms in total. The van der Waals surface area contributed by atoms with Crippen LogP contribution in [-0.4, -0.2) is 31.2 Å². The second-order valence-electron chi connectivity index (χ2n) is 4.56. The molecular formula is C11H16N2O4S. The molecular weight excluding hydrogens is 256 g/mol.